The highest BCUT2D eigenvalue weighted by molar-refractivity contribution is 5.57. The van der Waals surface area contributed by atoms with E-state index in [2.05, 4.69) is 34.1 Å². The van der Waals surface area contributed by atoms with Gasteiger partial charge in [0.25, 0.3) is 0 Å². The van der Waals surface area contributed by atoms with Crippen LogP contribution < -0.4 is 5.32 Å². The van der Waals surface area contributed by atoms with Crippen molar-refractivity contribution >= 4 is 11.5 Å². The van der Waals surface area contributed by atoms with Gasteiger partial charge >= 0.3 is 0 Å². The quantitative estimate of drug-likeness (QED) is 0.816. The molecule has 1 N–H and O–H groups in total. The van der Waals surface area contributed by atoms with E-state index < -0.39 is 0 Å². The van der Waals surface area contributed by atoms with Crippen LogP contribution in [0.1, 0.15) is 69.4 Å². The molecule has 0 amide bonds. The Kier molecular flexibility index (Phi) is 3.76. The average molecular weight is 323 g/mol. The largest absolute Gasteiger partial charge is 0.370 e. The summed E-state index contributed by atoms with van der Waals surface area (Å²) in [4.78, 5) is 4.89. The summed E-state index contributed by atoms with van der Waals surface area (Å²) in [7, 11) is 0. The van der Waals surface area contributed by atoms with Gasteiger partial charge in [0.1, 0.15) is 11.5 Å². The first-order valence-electron chi connectivity index (χ1n) is 10.1. The third-order valence-electron chi connectivity index (χ3n) is 6.59. The van der Waals surface area contributed by atoms with Crippen molar-refractivity contribution in [2.24, 2.45) is 17.8 Å². The van der Waals surface area contributed by atoms with Gasteiger partial charge < -0.3 is 5.32 Å². The molecule has 2 unspecified atom stereocenters. The van der Waals surface area contributed by atoms with Crippen LogP contribution >= 0.6 is 0 Å². The lowest BCUT2D eigenvalue weighted by Crippen LogP contribution is -2.27. The van der Waals surface area contributed by atoms with E-state index in [0.717, 1.165) is 29.9 Å². The van der Waals surface area contributed by atoms with E-state index in [-0.39, 0.29) is 0 Å². The highest BCUT2D eigenvalue weighted by atomic mass is 15.1. The Morgan fingerprint density at radius 2 is 1.88 bits per heavy atom. The minimum Gasteiger partial charge on any atom is -0.370 e. The Labute approximate surface area is 144 Å². The van der Waals surface area contributed by atoms with Gasteiger partial charge in [0.15, 0.2) is 0 Å². The van der Waals surface area contributed by atoms with Gasteiger partial charge in [0.2, 0.25) is 0 Å². The summed E-state index contributed by atoms with van der Waals surface area (Å²) < 4.78 is 2.25. The predicted octanol–water partition coefficient (Wildman–Crippen LogP) is 5.23. The minimum absolute atomic E-state index is 0.696. The summed E-state index contributed by atoms with van der Waals surface area (Å²) in [5.41, 5.74) is 2.40. The zero-order valence-corrected chi connectivity index (χ0v) is 14.6. The van der Waals surface area contributed by atoms with Crippen LogP contribution in [0.25, 0.3) is 5.65 Å². The first-order valence-corrected chi connectivity index (χ1v) is 10.1. The van der Waals surface area contributed by atoms with Crippen LogP contribution in [0.3, 0.4) is 0 Å². The summed E-state index contributed by atoms with van der Waals surface area (Å²) in [6, 6.07) is 6.32. The Morgan fingerprint density at radius 1 is 1.04 bits per heavy atom. The van der Waals surface area contributed by atoms with Crippen molar-refractivity contribution in [2.75, 3.05) is 11.9 Å². The number of rotatable bonds is 5. The lowest BCUT2D eigenvalue weighted by Gasteiger charge is -2.39. The molecule has 128 valence electrons. The van der Waals surface area contributed by atoms with Crippen LogP contribution in [-0.2, 0) is 0 Å². The minimum atomic E-state index is 0.696. The molecule has 2 aromatic heterocycles. The average Bonchev–Trinajstić information content (AvgIpc) is 3.37. The maximum absolute atomic E-state index is 4.89. The molecule has 0 aromatic carbocycles. The van der Waals surface area contributed by atoms with Crippen LogP contribution in [-0.4, -0.2) is 15.9 Å². The number of hydrogen-bond acceptors (Lipinski definition) is 2. The number of hydrogen-bond donors (Lipinski definition) is 1. The topological polar surface area (TPSA) is 29.3 Å². The van der Waals surface area contributed by atoms with Crippen LogP contribution in [0.4, 0.5) is 5.82 Å². The van der Waals surface area contributed by atoms with Gasteiger partial charge in [-0.2, -0.15) is 0 Å². The molecule has 3 saturated carbocycles. The molecular formula is C21H29N3. The number of nitrogens with zero attached hydrogens (tertiary/aromatic N) is 2. The second-order valence-electron chi connectivity index (χ2n) is 8.50. The monoisotopic (exact) mass is 323 g/mol. The van der Waals surface area contributed by atoms with Gasteiger partial charge in [-0.25, -0.2) is 4.98 Å². The summed E-state index contributed by atoms with van der Waals surface area (Å²) in [5.74, 6) is 5.00. The first-order chi connectivity index (χ1) is 11.9. The molecule has 0 spiro atoms. The molecule has 0 saturated heterocycles. The van der Waals surface area contributed by atoms with Gasteiger partial charge in [0.05, 0.1) is 5.69 Å². The van der Waals surface area contributed by atoms with Gasteiger partial charge in [-0.1, -0.05) is 25.3 Å². The highest BCUT2D eigenvalue weighted by Crippen LogP contribution is 2.44. The third-order valence-corrected chi connectivity index (χ3v) is 6.59. The summed E-state index contributed by atoms with van der Waals surface area (Å²) in [6.45, 7) is 1.10. The van der Waals surface area contributed by atoms with E-state index in [1.165, 1.54) is 69.3 Å². The second kappa shape index (κ2) is 6.09. The molecule has 0 radical (unpaired) electrons. The van der Waals surface area contributed by atoms with Gasteiger partial charge in [-0.15, -0.1) is 0 Å². The molecule has 3 nitrogen and oxygen atoms in total. The summed E-state index contributed by atoms with van der Waals surface area (Å²) in [6.07, 6.45) is 15.1. The van der Waals surface area contributed by atoms with E-state index in [0.29, 0.717) is 5.92 Å². The molecule has 5 rings (SSSR count). The van der Waals surface area contributed by atoms with Crippen molar-refractivity contribution in [1.82, 2.24) is 9.38 Å². The fourth-order valence-electron chi connectivity index (χ4n) is 5.33. The zero-order valence-electron chi connectivity index (χ0n) is 14.6. The number of aromatic nitrogens is 2. The normalized spacial score (nSPS) is 29.8. The van der Waals surface area contributed by atoms with Crippen molar-refractivity contribution in [3.05, 3.63) is 30.1 Å². The zero-order chi connectivity index (χ0) is 15.9. The molecule has 2 heterocycles. The van der Waals surface area contributed by atoms with E-state index in [4.69, 9.17) is 4.98 Å². The maximum Gasteiger partial charge on any atom is 0.138 e. The van der Waals surface area contributed by atoms with Crippen LogP contribution in [0.2, 0.25) is 0 Å². The van der Waals surface area contributed by atoms with Crippen molar-refractivity contribution in [3.8, 4) is 0 Å². The van der Waals surface area contributed by atoms with E-state index in [1.807, 2.05) is 0 Å². The molecule has 3 aliphatic carbocycles. The summed E-state index contributed by atoms with van der Waals surface area (Å²) in [5, 5.41) is 3.77. The number of fused-ring (bicyclic) bond motifs is 3. The standard InChI is InChI=1S/C21H29N3/c1-2-11-24-19(6-1)23-20(18-7-8-18)21(24)22-10-9-17-13-15-4-3-5-16(12-15)14-17/h1-2,6,11,15-18,22H,3-5,7-10,12-14H2. The van der Waals surface area contributed by atoms with E-state index >= 15 is 0 Å². The molecular weight excluding hydrogens is 294 g/mol. The van der Waals surface area contributed by atoms with E-state index in [9.17, 15) is 0 Å². The molecule has 2 bridgehead atoms. The van der Waals surface area contributed by atoms with Gasteiger partial charge in [-0.05, 0) is 68.4 Å². The Balaban J connectivity index is 1.27. The Hall–Kier alpha value is -1.51. The maximum atomic E-state index is 4.89. The molecule has 3 fully saturated rings. The first kappa shape index (κ1) is 14.8. The Bertz CT molecular complexity index is 703. The van der Waals surface area contributed by atoms with Gasteiger partial charge in [0, 0.05) is 18.7 Å². The van der Waals surface area contributed by atoms with Crippen molar-refractivity contribution in [2.45, 2.75) is 63.7 Å². The van der Waals surface area contributed by atoms with Crippen molar-refractivity contribution in [1.29, 1.82) is 0 Å². The number of imidazole rings is 1. The molecule has 3 aliphatic rings. The third kappa shape index (κ3) is 2.82. The smallest absolute Gasteiger partial charge is 0.138 e. The highest BCUT2D eigenvalue weighted by Gasteiger charge is 2.32. The van der Waals surface area contributed by atoms with Crippen LogP contribution in [0.5, 0.6) is 0 Å². The van der Waals surface area contributed by atoms with Crippen LogP contribution in [0, 0.1) is 17.8 Å². The van der Waals surface area contributed by atoms with Crippen molar-refractivity contribution in [3.63, 3.8) is 0 Å². The fourth-order valence-corrected chi connectivity index (χ4v) is 5.33. The number of anilines is 1. The second-order valence-corrected chi connectivity index (χ2v) is 8.50. The molecule has 2 atom stereocenters. The molecule has 24 heavy (non-hydrogen) atoms. The number of pyridine rings is 1. The molecule has 0 aliphatic heterocycles. The lowest BCUT2D eigenvalue weighted by atomic mass is 9.67. The van der Waals surface area contributed by atoms with Gasteiger partial charge in [-0.3, -0.25) is 4.40 Å². The van der Waals surface area contributed by atoms with E-state index in [1.54, 1.807) is 0 Å². The van der Waals surface area contributed by atoms with Crippen molar-refractivity contribution < 1.29 is 0 Å². The molecule has 2 aromatic rings. The molecule has 3 heteroatoms. The lowest BCUT2D eigenvalue weighted by molar-refractivity contribution is 0.134. The summed E-state index contributed by atoms with van der Waals surface area (Å²) >= 11 is 0. The predicted molar refractivity (Wildman–Crippen MR) is 98.4 cm³/mol. The number of nitrogens with one attached hydrogen (secondary N) is 1. The SMILES string of the molecule is c1ccn2c(NCCC3CC4CCCC(C4)C3)c(C3CC3)nc2c1. The Morgan fingerprint density at radius 3 is 2.67 bits per heavy atom. The fraction of sp³-hybridized carbons (Fsp3) is 0.667. The van der Waals surface area contributed by atoms with Crippen LogP contribution in [0.15, 0.2) is 24.4 Å².